The second-order valence-corrected chi connectivity index (χ2v) is 8.05. The van der Waals surface area contributed by atoms with Crippen molar-refractivity contribution >= 4 is 27.8 Å². The molecule has 31 heavy (non-hydrogen) atoms. The average Bonchev–Trinajstić information content (AvgIpc) is 3.09. The van der Waals surface area contributed by atoms with E-state index in [4.69, 9.17) is 9.15 Å². The Hall–Kier alpha value is -3.61. The minimum atomic E-state index is -0.593. The smallest absolute Gasteiger partial charge is 0.337 e. The van der Waals surface area contributed by atoms with Gasteiger partial charge in [0, 0.05) is 59.2 Å². The number of H-pyrrole nitrogens is 1. The summed E-state index contributed by atoms with van der Waals surface area (Å²) in [4.78, 5) is 30.6. The number of ether oxygens (including phenoxy) is 1. The number of fused-ring (bicyclic) bond motifs is 4. The highest BCUT2D eigenvalue weighted by Crippen LogP contribution is 2.30. The molecule has 5 rings (SSSR count). The maximum atomic E-state index is 13.8. The first-order chi connectivity index (χ1) is 14.9. The summed E-state index contributed by atoms with van der Waals surface area (Å²) in [5.41, 5.74) is 2.78. The van der Waals surface area contributed by atoms with Crippen LogP contribution in [0.4, 0.5) is 4.39 Å². The van der Waals surface area contributed by atoms with E-state index >= 15 is 0 Å². The fraction of sp³-hybridized carbons (Fsp3) is 0.250. The number of aromatic nitrogens is 1. The molecule has 0 unspecified atom stereocenters. The molecule has 0 spiro atoms. The minimum absolute atomic E-state index is 0.0301. The number of hydrogen-bond acceptors (Lipinski definition) is 4. The van der Waals surface area contributed by atoms with Crippen molar-refractivity contribution in [3.05, 3.63) is 75.5 Å². The van der Waals surface area contributed by atoms with E-state index in [-0.39, 0.29) is 23.4 Å². The predicted octanol–water partition coefficient (Wildman–Crippen LogP) is 4.40. The highest BCUT2D eigenvalue weighted by Gasteiger charge is 2.26. The third-order valence-corrected chi connectivity index (χ3v) is 5.54. The van der Waals surface area contributed by atoms with Gasteiger partial charge in [0.2, 0.25) is 0 Å². The summed E-state index contributed by atoms with van der Waals surface area (Å²) in [6.07, 6.45) is 0.598. The number of benzene rings is 2. The van der Waals surface area contributed by atoms with Crippen molar-refractivity contribution in [2.24, 2.45) is 0 Å². The van der Waals surface area contributed by atoms with Crippen molar-refractivity contribution in [1.82, 2.24) is 9.88 Å². The maximum Gasteiger partial charge on any atom is 0.337 e. The van der Waals surface area contributed by atoms with Crippen molar-refractivity contribution in [3.8, 4) is 5.75 Å². The van der Waals surface area contributed by atoms with E-state index in [1.165, 1.54) is 18.2 Å². The number of rotatable bonds is 3. The van der Waals surface area contributed by atoms with Crippen LogP contribution in [0.2, 0.25) is 0 Å². The third kappa shape index (κ3) is 3.46. The van der Waals surface area contributed by atoms with Crippen LogP contribution in [0.1, 0.15) is 35.5 Å². The molecule has 0 fully saturated rings. The van der Waals surface area contributed by atoms with E-state index in [9.17, 15) is 14.0 Å². The molecule has 0 radical (unpaired) electrons. The summed E-state index contributed by atoms with van der Waals surface area (Å²) in [5, 5.41) is 1.33. The van der Waals surface area contributed by atoms with Gasteiger partial charge in [-0.2, -0.15) is 0 Å². The van der Waals surface area contributed by atoms with Crippen molar-refractivity contribution in [2.45, 2.75) is 32.9 Å². The van der Waals surface area contributed by atoms with Crippen molar-refractivity contribution < 1.29 is 18.3 Å². The van der Waals surface area contributed by atoms with E-state index in [1.807, 2.05) is 13.8 Å². The summed E-state index contributed by atoms with van der Waals surface area (Å²) in [7, 11) is 0. The monoisotopic (exact) mass is 420 g/mol. The fourth-order valence-electron chi connectivity index (χ4n) is 4.20. The van der Waals surface area contributed by atoms with Crippen molar-refractivity contribution in [1.29, 1.82) is 0 Å². The summed E-state index contributed by atoms with van der Waals surface area (Å²) >= 11 is 0. The molecule has 0 atom stereocenters. The highest BCUT2D eigenvalue weighted by atomic mass is 19.1. The molecule has 6 nitrogen and oxygen atoms in total. The van der Waals surface area contributed by atoms with Gasteiger partial charge >= 0.3 is 5.63 Å². The minimum Gasteiger partial charge on any atom is -0.491 e. The van der Waals surface area contributed by atoms with Gasteiger partial charge in [0.1, 0.15) is 17.1 Å². The molecule has 4 aromatic rings. The Bertz CT molecular complexity index is 1390. The van der Waals surface area contributed by atoms with E-state index < -0.39 is 5.63 Å². The van der Waals surface area contributed by atoms with Crippen LogP contribution in [0.15, 0.2) is 51.7 Å². The second kappa shape index (κ2) is 7.27. The van der Waals surface area contributed by atoms with Crippen molar-refractivity contribution in [3.63, 3.8) is 0 Å². The molecule has 0 saturated heterocycles. The molecule has 3 heterocycles. The van der Waals surface area contributed by atoms with Crippen molar-refractivity contribution in [2.75, 3.05) is 6.54 Å². The lowest BCUT2D eigenvalue weighted by molar-refractivity contribution is 0.0736. The molecule has 0 bridgehead atoms. The number of nitrogens with one attached hydrogen (secondary N) is 1. The highest BCUT2D eigenvalue weighted by molar-refractivity contribution is 6.06. The maximum absolute atomic E-state index is 13.8. The Kier molecular flexibility index (Phi) is 4.54. The molecule has 2 aromatic carbocycles. The average molecular weight is 420 g/mol. The molecular formula is C24H21FN2O4. The van der Waals surface area contributed by atoms with Gasteiger partial charge in [-0.25, -0.2) is 9.18 Å². The molecule has 2 aromatic heterocycles. The normalized spacial score (nSPS) is 13.7. The number of nitrogens with zero attached hydrogens (tertiary/aromatic N) is 1. The Balaban J connectivity index is 1.52. The van der Waals surface area contributed by atoms with Crippen LogP contribution in [0.5, 0.6) is 5.75 Å². The Labute approximate surface area is 177 Å². The third-order valence-electron chi connectivity index (χ3n) is 5.54. The molecule has 0 aliphatic carbocycles. The molecule has 158 valence electrons. The van der Waals surface area contributed by atoms with Gasteiger partial charge in [0.25, 0.3) is 5.91 Å². The summed E-state index contributed by atoms with van der Waals surface area (Å²) < 4.78 is 24.8. The van der Waals surface area contributed by atoms with Crippen LogP contribution in [0.25, 0.3) is 21.9 Å². The molecule has 1 aliphatic heterocycles. The zero-order valence-electron chi connectivity index (χ0n) is 17.2. The summed E-state index contributed by atoms with van der Waals surface area (Å²) in [6.45, 7) is 4.65. The van der Waals surface area contributed by atoms with Gasteiger partial charge in [-0.3, -0.25) is 4.79 Å². The molecule has 1 amide bonds. The number of carbonyl (C=O) groups is 1. The van der Waals surface area contributed by atoms with Gasteiger partial charge in [-0.15, -0.1) is 0 Å². The van der Waals surface area contributed by atoms with E-state index in [1.54, 1.807) is 29.2 Å². The van der Waals surface area contributed by atoms with Gasteiger partial charge in [-0.05, 0) is 44.2 Å². The lowest BCUT2D eigenvalue weighted by atomic mass is 10.0. The van der Waals surface area contributed by atoms with Crippen LogP contribution >= 0.6 is 0 Å². The molecular weight excluding hydrogens is 399 g/mol. The largest absolute Gasteiger partial charge is 0.491 e. The first-order valence-electron chi connectivity index (χ1n) is 10.2. The first-order valence-corrected chi connectivity index (χ1v) is 10.2. The molecule has 7 heteroatoms. The van der Waals surface area contributed by atoms with Gasteiger partial charge in [-0.1, -0.05) is 0 Å². The van der Waals surface area contributed by atoms with Gasteiger partial charge < -0.3 is 19.0 Å². The number of carbonyl (C=O) groups excluding carboxylic acids is 1. The quantitative estimate of drug-likeness (QED) is 0.499. The van der Waals surface area contributed by atoms with Crippen LogP contribution < -0.4 is 10.4 Å². The SMILES string of the molecule is CC(C)Oc1ccc2c(C(=O)N3CCc4[nH]c5ccc(F)cc5c4C3)cc(=O)oc2c1. The van der Waals surface area contributed by atoms with Crippen LogP contribution in [0.3, 0.4) is 0 Å². The van der Waals surface area contributed by atoms with E-state index in [0.29, 0.717) is 36.2 Å². The molecule has 1 N–H and O–H groups in total. The fourth-order valence-corrected chi connectivity index (χ4v) is 4.20. The number of halogens is 1. The Morgan fingerprint density at radius 3 is 2.81 bits per heavy atom. The summed E-state index contributed by atoms with van der Waals surface area (Å²) in [5.74, 6) is -0.00524. The Morgan fingerprint density at radius 2 is 2.00 bits per heavy atom. The number of amides is 1. The van der Waals surface area contributed by atoms with Gasteiger partial charge in [0.15, 0.2) is 0 Å². The first kappa shape index (κ1) is 19.4. The lowest BCUT2D eigenvalue weighted by Gasteiger charge is -2.27. The zero-order chi connectivity index (χ0) is 21.7. The predicted molar refractivity (Wildman–Crippen MR) is 115 cm³/mol. The lowest BCUT2D eigenvalue weighted by Crippen LogP contribution is -2.36. The standard InChI is InChI=1S/C24H21FN2O4/c1-13(2)30-15-4-5-16-18(11-23(28)31-22(16)10-15)24(29)27-8-7-21-19(12-27)17-9-14(25)3-6-20(17)26-21/h3-6,9-11,13,26H,7-8,12H2,1-2H3. The van der Waals surface area contributed by atoms with E-state index in [2.05, 4.69) is 4.98 Å². The zero-order valence-corrected chi connectivity index (χ0v) is 17.2. The number of aromatic amines is 1. The van der Waals surface area contributed by atoms with Crippen LogP contribution in [0, 0.1) is 5.82 Å². The van der Waals surface area contributed by atoms with Crippen LogP contribution in [-0.2, 0) is 13.0 Å². The topological polar surface area (TPSA) is 75.5 Å². The number of hydrogen-bond donors (Lipinski definition) is 1. The summed E-state index contributed by atoms with van der Waals surface area (Å²) in [6, 6.07) is 11.0. The molecule has 1 aliphatic rings. The Morgan fingerprint density at radius 1 is 1.16 bits per heavy atom. The second-order valence-electron chi connectivity index (χ2n) is 8.05. The van der Waals surface area contributed by atoms with E-state index in [0.717, 1.165) is 22.2 Å². The van der Waals surface area contributed by atoms with Gasteiger partial charge in [0.05, 0.1) is 11.7 Å². The molecule has 0 saturated carbocycles. The van der Waals surface area contributed by atoms with Crippen LogP contribution in [-0.4, -0.2) is 28.4 Å².